The first-order valence-electron chi connectivity index (χ1n) is 13.0. The van der Waals surface area contributed by atoms with Gasteiger partial charge in [0, 0.05) is 36.6 Å². The largest absolute Gasteiger partial charge is 0.311 e. The van der Waals surface area contributed by atoms with Gasteiger partial charge in [-0.1, -0.05) is 121 Å². The lowest BCUT2D eigenvalue weighted by Gasteiger charge is -2.25. The Morgan fingerprint density at radius 2 is 0.795 bits per heavy atom. The summed E-state index contributed by atoms with van der Waals surface area (Å²) in [4.78, 5) is 7.64. The lowest BCUT2D eigenvalue weighted by atomic mass is 10.00. The van der Waals surface area contributed by atoms with Crippen molar-refractivity contribution in [2.24, 2.45) is 0 Å². The molecule has 0 N–H and O–H groups in total. The van der Waals surface area contributed by atoms with Crippen LogP contribution < -0.4 is 4.90 Å². The van der Waals surface area contributed by atoms with Crippen LogP contribution in [0.5, 0.6) is 0 Å². The van der Waals surface area contributed by atoms with E-state index in [9.17, 15) is 0 Å². The number of nitrogens with zero attached hydrogens (tertiary/aromatic N) is 1. The van der Waals surface area contributed by atoms with Gasteiger partial charge in [0.1, 0.15) is 0 Å². The Hall–Kier alpha value is -4.18. The number of para-hydroxylation sites is 2. The van der Waals surface area contributed by atoms with Crippen LogP contribution in [0.2, 0.25) is 0 Å². The molecule has 0 unspecified atom stereocenters. The van der Waals surface area contributed by atoms with Gasteiger partial charge in [-0.2, -0.15) is 0 Å². The number of hydrogen-bond donors (Lipinski definition) is 0. The molecule has 1 nitrogen and oxygen atoms in total. The van der Waals surface area contributed by atoms with Crippen molar-refractivity contribution < 1.29 is 0 Å². The van der Waals surface area contributed by atoms with E-state index in [1.165, 1.54) is 41.8 Å². The summed E-state index contributed by atoms with van der Waals surface area (Å²) in [7, 11) is 0. The fourth-order valence-electron chi connectivity index (χ4n) is 5.02. The highest BCUT2D eigenvalue weighted by atomic mass is 32.2. The van der Waals surface area contributed by atoms with Gasteiger partial charge in [0.25, 0.3) is 0 Å². The van der Waals surface area contributed by atoms with Gasteiger partial charge in [0.2, 0.25) is 0 Å². The molecule has 0 atom stereocenters. The molecule has 0 saturated heterocycles. The first-order valence-corrected chi connectivity index (χ1v) is 14.7. The van der Waals surface area contributed by atoms with Crippen LogP contribution in [0.25, 0.3) is 22.3 Å². The van der Waals surface area contributed by atoms with Gasteiger partial charge in [-0.25, -0.2) is 0 Å². The van der Waals surface area contributed by atoms with Crippen LogP contribution in [0.3, 0.4) is 0 Å². The van der Waals surface area contributed by atoms with E-state index >= 15 is 0 Å². The Bertz CT molecular complexity index is 1690. The quantitative estimate of drug-likeness (QED) is 0.216. The SMILES string of the molecule is c1ccc(N(c2ccccc2)c2ccc(-c3ccc(-c4cccc5c4Sc4ccccc4S5)cc3)cc2)cc1. The maximum absolute atomic E-state index is 2.29. The third-order valence-electron chi connectivity index (χ3n) is 6.94. The molecule has 1 aliphatic rings. The Balaban J connectivity index is 1.18. The second-order valence-electron chi connectivity index (χ2n) is 9.41. The van der Waals surface area contributed by atoms with Crippen LogP contribution in [-0.4, -0.2) is 0 Å². The molecular formula is C36H25NS2. The van der Waals surface area contributed by atoms with Crippen LogP contribution in [0.1, 0.15) is 0 Å². The van der Waals surface area contributed by atoms with Gasteiger partial charge in [-0.15, -0.1) is 0 Å². The molecule has 0 aromatic heterocycles. The zero-order valence-electron chi connectivity index (χ0n) is 21.2. The summed E-state index contributed by atoms with van der Waals surface area (Å²) in [5.41, 5.74) is 8.39. The molecule has 0 bridgehead atoms. The molecule has 1 heterocycles. The number of benzene rings is 6. The minimum absolute atomic E-state index is 1.14. The first-order chi connectivity index (χ1) is 19.3. The third kappa shape index (κ3) is 4.76. The van der Waals surface area contributed by atoms with E-state index in [0.717, 1.165) is 17.1 Å². The predicted octanol–water partition coefficient (Wildman–Crippen LogP) is 11.1. The number of rotatable bonds is 5. The highest BCUT2D eigenvalue weighted by molar-refractivity contribution is 8.05. The summed E-state index contributed by atoms with van der Waals surface area (Å²) < 4.78 is 0. The fraction of sp³-hybridized carbons (Fsp3) is 0. The molecule has 3 heteroatoms. The van der Waals surface area contributed by atoms with E-state index in [2.05, 4.69) is 157 Å². The maximum Gasteiger partial charge on any atom is 0.0462 e. The molecule has 1 aliphatic heterocycles. The van der Waals surface area contributed by atoms with E-state index in [1.54, 1.807) is 0 Å². The van der Waals surface area contributed by atoms with E-state index in [1.807, 2.05) is 23.5 Å². The molecule has 0 radical (unpaired) electrons. The van der Waals surface area contributed by atoms with E-state index in [0.29, 0.717) is 0 Å². The summed E-state index contributed by atoms with van der Waals surface area (Å²) >= 11 is 3.75. The number of anilines is 3. The smallest absolute Gasteiger partial charge is 0.0462 e. The fourth-order valence-corrected chi connectivity index (χ4v) is 7.42. The van der Waals surface area contributed by atoms with Crippen LogP contribution in [0.4, 0.5) is 17.1 Å². The van der Waals surface area contributed by atoms with Crippen molar-refractivity contribution in [2.45, 2.75) is 19.6 Å². The average Bonchev–Trinajstić information content (AvgIpc) is 3.01. The molecule has 39 heavy (non-hydrogen) atoms. The van der Waals surface area contributed by atoms with Crippen LogP contribution in [0, 0.1) is 0 Å². The molecular weight excluding hydrogens is 511 g/mol. The molecule has 0 spiro atoms. The van der Waals surface area contributed by atoms with E-state index in [4.69, 9.17) is 0 Å². The van der Waals surface area contributed by atoms with Crippen molar-refractivity contribution >= 4 is 40.6 Å². The molecule has 0 saturated carbocycles. The summed E-state index contributed by atoms with van der Waals surface area (Å²) in [6, 6.07) is 54.2. The predicted molar refractivity (Wildman–Crippen MR) is 167 cm³/mol. The van der Waals surface area contributed by atoms with Crippen molar-refractivity contribution in [3.63, 3.8) is 0 Å². The summed E-state index contributed by atoms with van der Waals surface area (Å²) in [5.74, 6) is 0. The molecule has 0 fully saturated rings. The minimum atomic E-state index is 1.14. The molecule has 6 aromatic rings. The normalized spacial score (nSPS) is 11.9. The van der Waals surface area contributed by atoms with Crippen molar-refractivity contribution in [3.8, 4) is 22.3 Å². The second-order valence-corrected chi connectivity index (χ2v) is 11.6. The Morgan fingerprint density at radius 1 is 0.333 bits per heavy atom. The second kappa shape index (κ2) is 10.5. The van der Waals surface area contributed by atoms with Gasteiger partial charge >= 0.3 is 0 Å². The van der Waals surface area contributed by atoms with Crippen molar-refractivity contribution in [1.82, 2.24) is 0 Å². The van der Waals surface area contributed by atoms with Crippen molar-refractivity contribution in [2.75, 3.05) is 4.90 Å². The number of hydrogen-bond acceptors (Lipinski definition) is 3. The Labute approximate surface area is 238 Å². The first kappa shape index (κ1) is 23.9. The zero-order valence-corrected chi connectivity index (χ0v) is 22.8. The average molecular weight is 536 g/mol. The molecule has 186 valence electrons. The highest BCUT2D eigenvalue weighted by Gasteiger charge is 2.20. The van der Waals surface area contributed by atoms with E-state index < -0.39 is 0 Å². The molecule has 7 rings (SSSR count). The molecule has 0 amide bonds. The van der Waals surface area contributed by atoms with Crippen LogP contribution >= 0.6 is 23.5 Å². The summed E-state index contributed by atoms with van der Waals surface area (Å²) in [6.07, 6.45) is 0. The van der Waals surface area contributed by atoms with Crippen molar-refractivity contribution in [1.29, 1.82) is 0 Å². The van der Waals surface area contributed by atoms with Crippen LogP contribution in [0.15, 0.2) is 171 Å². The molecule has 6 aromatic carbocycles. The van der Waals surface area contributed by atoms with E-state index in [-0.39, 0.29) is 0 Å². The lowest BCUT2D eigenvalue weighted by Crippen LogP contribution is -2.09. The van der Waals surface area contributed by atoms with Gasteiger partial charge in [-0.3, -0.25) is 0 Å². The van der Waals surface area contributed by atoms with Gasteiger partial charge in [0.05, 0.1) is 0 Å². The van der Waals surface area contributed by atoms with Crippen molar-refractivity contribution in [3.05, 3.63) is 152 Å². The highest BCUT2D eigenvalue weighted by Crippen LogP contribution is 2.51. The minimum Gasteiger partial charge on any atom is -0.311 e. The van der Waals surface area contributed by atoms with Crippen LogP contribution in [-0.2, 0) is 0 Å². The lowest BCUT2D eigenvalue weighted by molar-refractivity contribution is 1.16. The number of fused-ring (bicyclic) bond motifs is 2. The maximum atomic E-state index is 2.29. The van der Waals surface area contributed by atoms with Gasteiger partial charge in [-0.05, 0) is 76.9 Å². The standard InChI is InChI=1S/C36H25NS2/c1-3-10-29(11-4-1)37(30-12-5-2-6-13-30)31-24-22-27(23-25-31)26-18-20-28(21-19-26)32-14-9-17-35-36(32)39-34-16-8-7-15-33(34)38-35/h1-25H. The summed E-state index contributed by atoms with van der Waals surface area (Å²) in [5, 5.41) is 0. The van der Waals surface area contributed by atoms with Gasteiger partial charge in [0.15, 0.2) is 0 Å². The monoisotopic (exact) mass is 535 g/mol. The van der Waals surface area contributed by atoms with Gasteiger partial charge < -0.3 is 4.90 Å². The summed E-state index contributed by atoms with van der Waals surface area (Å²) in [6.45, 7) is 0. The topological polar surface area (TPSA) is 3.24 Å². The third-order valence-corrected chi connectivity index (χ3v) is 9.56. The Morgan fingerprint density at radius 3 is 1.41 bits per heavy atom. The zero-order chi connectivity index (χ0) is 26.0. The Kier molecular flexibility index (Phi) is 6.45. The molecule has 0 aliphatic carbocycles.